The fourth-order valence-corrected chi connectivity index (χ4v) is 6.10. The predicted molar refractivity (Wildman–Crippen MR) is 101 cm³/mol. The predicted octanol–water partition coefficient (Wildman–Crippen LogP) is 4.04. The highest BCUT2D eigenvalue weighted by molar-refractivity contribution is 14.1. The van der Waals surface area contributed by atoms with Crippen molar-refractivity contribution >= 4 is 40.1 Å². The maximum absolute atomic E-state index is 10.5. The molecule has 2 aliphatic rings. The normalized spacial score (nSPS) is 34.7. The minimum Gasteiger partial charge on any atom is -0.399 e. The van der Waals surface area contributed by atoms with E-state index in [1.165, 1.54) is 9.13 Å². The molecule has 2 fully saturated rings. The number of hydrogen-bond acceptors (Lipinski definition) is 4. The smallest absolute Gasteiger partial charge is 0.106 e. The topological polar surface area (TPSA) is 41.8 Å². The lowest BCUT2D eigenvalue weighted by Gasteiger charge is -2.37. The van der Waals surface area contributed by atoms with Gasteiger partial charge in [0.25, 0.3) is 0 Å². The van der Waals surface area contributed by atoms with E-state index >= 15 is 0 Å². The Hall–Kier alpha value is -0.270. The molecule has 3 nitrogen and oxygen atoms in total. The summed E-state index contributed by atoms with van der Waals surface area (Å²) < 4.78 is 1.26. The summed E-state index contributed by atoms with van der Waals surface area (Å²) in [5, 5.41) is 15.6. The molecule has 5 atom stereocenters. The van der Waals surface area contributed by atoms with Crippen LogP contribution < -0.4 is 0 Å². The summed E-state index contributed by atoms with van der Waals surface area (Å²) in [5.41, 5.74) is 2.45. The van der Waals surface area contributed by atoms with Gasteiger partial charge in [0.05, 0.1) is 11.8 Å². The highest BCUT2D eigenvalue weighted by Gasteiger charge is 2.49. The lowest BCUT2D eigenvalue weighted by molar-refractivity contribution is 0.162. The number of nitrogens with zero attached hydrogens (tertiary/aromatic N) is 1. The molecular formula is C17H22INO2S. The first-order valence-electron chi connectivity index (χ1n) is 7.83. The highest BCUT2D eigenvalue weighted by Crippen LogP contribution is 2.53. The molecule has 2 aliphatic heterocycles. The van der Waals surface area contributed by atoms with Crippen LogP contribution in [0.5, 0.6) is 0 Å². The first-order valence-corrected chi connectivity index (χ1v) is 9.85. The van der Waals surface area contributed by atoms with Crippen LogP contribution in [0.2, 0.25) is 0 Å². The number of halogens is 1. The van der Waals surface area contributed by atoms with E-state index in [1.807, 2.05) is 11.8 Å². The van der Waals surface area contributed by atoms with Gasteiger partial charge in [-0.3, -0.25) is 0 Å². The average Bonchev–Trinajstić information content (AvgIpc) is 2.81. The Bertz CT molecular complexity index is 548. The van der Waals surface area contributed by atoms with Crippen molar-refractivity contribution in [1.29, 1.82) is 0 Å². The van der Waals surface area contributed by atoms with Gasteiger partial charge in [0.15, 0.2) is 0 Å². The molecule has 0 radical (unpaired) electrons. The molecule has 0 saturated carbocycles. The van der Waals surface area contributed by atoms with Crippen molar-refractivity contribution in [3.8, 4) is 0 Å². The maximum atomic E-state index is 10.5. The van der Waals surface area contributed by atoms with Crippen LogP contribution in [0.3, 0.4) is 0 Å². The van der Waals surface area contributed by atoms with Crippen LogP contribution in [-0.4, -0.2) is 34.5 Å². The van der Waals surface area contributed by atoms with Crippen LogP contribution in [0.15, 0.2) is 29.4 Å². The summed E-state index contributed by atoms with van der Waals surface area (Å²) in [6.07, 6.45) is 2.68. The van der Waals surface area contributed by atoms with E-state index in [1.54, 1.807) is 7.11 Å². The van der Waals surface area contributed by atoms with Crippen LogP contribution in [-0.2, 0) is 4.84 Å². The maximum Gasteiger partial charge on any atom is 0.106 e. The van der Waals surface area contributed by atoms with Crippen LogP contribution in [0.1, 0.15) is 37.7 Å². The molecule has 0 amide bonds. The average molecular weight is 431 g/mol. The minimum absolute atomic E-state index is 0.220. The van der Waals surface area contributed by atoms with Gasteiger partial charge < -0.3 is 9.94 Å². The number of aliphatic hydroxyl groups excluding tert-OH is 1. The molecule has 2 saturated heterocycles. The second kappa shape index (κ2) is 7.09. The van der Waals surface area contributed by atoms with Crippen molar-refractivity contribution in [2.24, 2.45) is 11.1 Å². The standard InChI is InChI=1S/C17H22INO2S/c1-3-14(19-21-2)16-13(10-4-6-11(18)7-5-10)8-12-9-15(20)17(16)22-12/h4-7,12-13,15-17,20H,3,8-9H2,1-2H3/t12?,13-,15?,16-,17-/m1/s1. The van der Waals surface area contributed by atoms with Gasteiger partial charge in [-0.15, -0.1) is 0 Å². The largest absolute Gasteiger partial charge is 0.399 e. The second-order valence-electron chi connectivity index (χ2n) is 6.06. The van der Waals surface area contributed by atoms with Gasteiger partial charge in [-0.05, 0) is 65.5 Å². The van der Waals surface area contributed by atoms with Crippen LogP contribution in [0.4, 0.5) is 0 Å². The zero-order valence-corrected chi connectivity index (χ0v) is 15.9. The quantitative estimate of drug-likeness (QED) is 0.445. The first-order chi connectivity index (χ1) is 10.6. The van der Waals surface area contributed by atoms with Gasteiger partial charge in [-0.25, -0.2) is 0 Å². The van der Waals surface area contributed by atoms with E-state index in [-0.39, 0.29) is 17.3 Å². The Balaban J connectivity index is 1.98. The van der Waals surface area contributed by atoms with Crippen molar-refractivity contribution in [3.63, 3.8) is 0 Å². The molecule has 2 unspecified atom stereocenters. The monoisotopic (exact) mass is 431 g/mol. The third-order valence-corrected chi connectivity index (χ3v) is 7.20. The molecular weight excluding hydrogens is 409 g/mol. The summed E-state index contributed by atoms with van der Waals surface area (Å²) in [7, 11) is 1.61. The van der Waals surface area contributed by atoms with Crippen molar-refractivity contribution in [1.82, 2.24) is 0 Å². The van der Waals surface area contributed by atoms with E-state index in [9.17, 15) is 5.11 Å². The second-order valence-corrected chi connectivity index (χ2v) is 8.79. The van der Waals surface area contributed by atoms with Gasteiger partial charge in [-0.2, -0.15) is 11.8 Å². The number of rotatable bonds is 4. The molecule has 5 heteroatoms. The molecule has 2 heterocycles. The minimum atomic E-state index is -0.220. The molecule has 22 heavy (non-hydrogen) atoms. The van der Waals surface area contributed by atoms with E-state index in [4.69, 9.17) is 4.84 Å². The lowest BCUT2D eigenvalue weighted by atomic mass is 9.78. The molecule has 2 bridgehead atoms. The molecule has 1 aromatic rings. The molecule has 1 aromatic carbocycles. The zero-order valence-electron chi connectivity index (χ0n) is 12.9. The van der Waals surface area contributed by atoms with Gasteiger partial charge in [0, 0.05) is 20.0 Å². The number of aliphatic hydroxyl groups is 1. The van der Waals surface area contributed by atoms with Crippen LogP contribution in [0, 0.1) is 9.49 Å². The third-order valence-electron chi connectivity index (χ3n) is 4.79. The fourth-order valence-electron chi connectivity index (χ4n) is 3.86. The van der Waals surface area contributed by atoms with Crippen molar-refractivity contribution in [3.05, 3.63) is 33.4 Å². The molecule has 0 aromatic heterocycles. The molecule has 1 N–H and O–H groups in total. The summed E-state index contributed by atoms with van der Waals surface area (Å²) >= 11 is 4.29. The Morgan fingerprint density at radius 2 is 2.09 bits per heavy atom. The van der Waals surface area contributed by atoms with Gasteiger partial charge in [0.1, 0.15) is 7.11 Å². The van der Waals surface area contributed by atoms with Gasteiger partial charge in [-0.1, -0.05) is 24.2 Å². The van der Waals surface area contributed by atoms with Crippen LogP contribution >= 0.6 is 34.4 Å². The van der Waals surface area contributed by atoms with Crippen LogP contribution in [0.25, 0.3) is 0 Å². The van der Waals surface area contributed by atoms with Crippen molar-refractivity contribution in [2.45, 2.75) is 48.7 Å². The zero-order chi connectivity index (χ0) is 15.7. The van der Waals surface area contributed by atoms with E-state index in [2.05, 4.69) is 58.9 Å². The Morgan fingerprint density at radius 1 is 1.36 bits per heavy atom. The first kappa shape index (κ1) is 16.6. The number of fused-ring (bicyclic) bond motifs is 2. The summed E-state index contributed by atoms with van der Waals surface area (Å²) in [5.74, 6) is 0.697. The van der Waals surface area contributed by atoms with E-state index in [0.29, 0.717) is 11.2 Å². The molecule has 0 spiro atoms. The lowest BCUT2D eigenvalue weighted by Crippen LogP contribution is -2.38. The van der Waals surface area contributed by atoms with Crippen molar-refractivity contribution < 1.29 is 9.94 Å². The summed E-state index contributed by atoms with van der Waals surface area (Å²) in [6.45, 7) is 2.13. The number of benzene rings is 1. The van der Waals surface area contributed by atoms with E-state index in [0.717, 1.165) is 25.0 Å². The SMILES string of the molecule is CCC(=NOC)[C@H]1[C@@H](c2ccc(I)cc2)CC2CC(O)[C@H]1S2. The Labute approximate surface area is 150 Å². The van der Waals surface area contributed by atoms with Crippen molar-refractivity contribution in [2.75, 3.05) is 7.11 Å². The van der Waals surface area contributed by atoms with E-state index < -0.39 is 0 Å². The molecule has 120 valence electrons. The summed E-state index contributed by atoms with van der Waals surface area (Å²) in [6, 6.07) is 8.82. The van der Waals surface area contributed by atoms with Gasteiger partial charge in [0.2, 0.25) is 0 Å². The Kier molecular flexibility index (Phi) is 5.35. The number of thioether (sulfide) groups is 1. The Morgan fingerprint density at radius 3 is 2.73 bits per heavy atom. The fraction of sp³-hybridized carbons (Fsp3) is 0.588. The van der Waals surface area contributed by atoms with Gasteiger partial charge >= 0.3 is 0 Å². The highest BCUT2D eigenvalue weighted by atomic mass is 127. The summed E-state index contributed by atoms with van der Waals surface area (Å²) in [4.78, 5) is 5.09. The number of hydrogen-bond donors (Lipinski definition) is 1. The third kappa shape index (κ3) is 3.17. The number of oxime groups is 1. The molecule has 0 aliphatic carbocycles. The molecule has 3 rings (SSSR count).